The molecule has 0 radical (unpaired) electrons. The van der Waals surface area contributed by atoms with Crippen molar-refractivity contribution in [1.29, 1.82) is 0 Å². The Kier molecular flexibility index (Phi) is 4.02. The lowest BCUT2D eigenvalue weighted by molar-refractivity contribution is 0.0697. The average Bonchev–Trinajstić information content (AvgIpc) is 2.40. The van der Waals surface area contributed by atoms with Crippen LogP contribution in [0.1, 0.15) is 23.7 Å². The zero-order chi connectivity index (χ0) is 14.7. The molecule has 106 valence electrons. The van der Waals surface area contributed by atoms with Gasteiger partial charge in [-0.25, -0.2) is 14.0 Å². The van der Waals surface area contributed by atoms with E-state index in [0.29, 0.717) is 13.1 Å². The normalized spacial score (nSPS) is 14.7. The van der Waals surface area contributed by atoms with Crippen molar-refractivity contribution in [2.45, 2.75) is 13.3 Å². The number of carboxylic acids is 1. The summed E-state index contributed by atoms with van der Waals surface area (Å²) in [5.74, 6) is -1.94. The number of carboxylic acid groups (broad SMARTS) is 1. The van der Waals surface area contributed by atoms with E-state index in [9.17, 15) is 14.0 Å². The van der Waals surface area contributed by atoms with E-state index in [0.717, 1.165) is 24.1 Å². The molecule has 5 nitrogen and oxygen atoms in total. The highest BCUT2D eigenvalue weighted by molar-refractivity contribution is 6.00. The Morgan fingerprint density at radius 3 is 2.80 bits per heavy atom. The van der Waals surface area contributed by atoms with Gasteiger partial charge in [0.15, 0.2) is 0 Å². The molecule has 0 aromatic heterocycles. The summed E-state index contributed by atoms with van der Waals surface area (Å²) in [6, 6.07) is 2.87. The van der Waals surface area contributed by atoms with Crippen molar-refractivity contribution in [1.82, 2.24) is 4.90 Å². The lowest BCUT2D eigenvalue weighted by atomic mass is 10.1. The summed E-state index contributed by atoms with van der Waals surface area (Å²) in [5, 5.41) is 11.5. The van der Waals surface area contributed by atoms with Crippen LogP contribution in [-0.4, -0.2) is 35.1 Å². The Bertz CT molecular complexity index is 584. The molecule has 2 amide bonds. The third kappa shape index (κ3) is 3.14. The first kappa shape index (κ1) is 14.0. The Hall–Kier alpha value is -2.37. The van der Waals surface area contributed by atoms with E-state index in [1.807, 2.05) is 6.92 Å². The van der Waals surface area contributed by atoms with Crippen LogP contribution in [0, 0.1) is 5.82 Å². The Labute approximate surface area is 115 Å². The minimum absolute atomic E-state index is 0.0936. The number of nitrogens with zero attached hydrogens (tertiary/aromatic N) is 1. The van der Waals surface area contributed by atoms with Gasteiger partial charge in [-0.2, -0.15) is 0 Å². The molecule has 0 unspecified atom stereocenters. The number of urea groups is 1. The summed E-state index contributed by atoms with van der Waals surface area (Å²) in [7, 11) is 0. The fourth-order valence-electron chi connectivity index (χ4n) is 2.08. The maximum Gasteiger partial charge on any atom is 0.337 e. The van der Waals surface area contributed by atoms with E-state index >= 15 is 0 Å². The van der Waals surface area contributed by atoms with Gasteiger partial charge in [-0.05, 0) is 31.5 Å². The van der Waals surface area contributed by atoms with Gasteiger partial charge >= 0.3 is 12.0 Å². The zero-order valence-electron chi connectivity index (χ0n) is 11.0. The molecule has 0 atom stereocenters. The predicted molar refractivity (Wildman–Crippen MR) is 72.3 cm³/mol. The minimum atomic E-state index is -1.28. The monoisotopic (exact) mass is 278 g/mol. The van der Waals surface area contributed by atoms with Gasteiger partial charge in [-0.3, -0.25) is 0 Å². The largest absolute Gasteiger partial charge is 0.478 e. The van der Waals surface area contributed by atoms with Crippen LogP contribution < -0.4 is 5.32 Å². The molecular weight excluding hydrogens is 263 g/mol. The highest BCUT2D eigenvalue weighted by Crippen LogP contribution is 2.18. The van der Waals surface area contributed by atoms with E-state index < -0.39 is 11.8 Å². The van der Waals surface area contributed by atoms with Crippen LogP contribution in [0.25, 0.3) is 0 Å². The van der Waals surface area contributed by atoms with Crippen LogP contribution in [0.3, 0.4) is 0 Å². The molecule has 1 aromatic rings. The third-order valence-corrected chi connectivity index (χ3v) is 3.07. The molecule has 0 spiro atoms. The Morgan fingerprint density at radius 2 is 2.15 bits per heavy atom. The van der Waals surface area contributed by atoms with Crippen LogP contribution in [0.4, 0.5) is 14.9 Å². The minimum Gasteiger partial charge on any atom is -0.478 e. The highest BCUT2D eigenvalue weighted by atomic mass is 19.1. The third-order valence-electron chi connectivity index (χ3n) is 3.07. The van der Waals surface area contributed by atoms with E-state index in [1.54, 1.807) is 4.90 Å². The first-order chi connectivity index (χ1) is 9.47. The molecule has 0 aliphatic carbocycles. The summed E-state index contributed by atoms with van der Waals surface area (Å²) >= 11 is 0. The zero-order valence-corrected chi connectivity index (χ0v) is 11.0. The number of carbonyl (C=O) groups is 2. The summed E-state index contributed by atoms with van der Waals surface area (Å²) < 4.78 is 13.1. The highest BCUT2D eigenvalue weighted by Gasteiger charge is 2.19. The summed E-state index contributed by atoms with van der Waals surface area (Å²) in [6.45, 7) is 3.02. The number of nitrogens with one attached hydrogen (secondary N) is 1. The summed E-state index contributed by atoms with van der Waals surface area (Å²) in [5.41, 5.74) is 0.919. The first-order valence-corrected chi connectivity index (χ1v) is 6.22. The number of hydrogen-bond acceptors (Lipinski definition) is 2. The number of aromatic carboxylic acids is 1. The molecule has 2 N–H and O–H groups in total. The van der Waals surface area contributed by atoms with Crippen LogP contribution in [0.5, 0.6) is 0 Å². The van der Waals surface area contributed by atoms with Gasteiger partial charge in [0, 0.05) is 13.1 Å². The van der Waals surface area contributed by atoms with Gasteiger partial charge in [0.25, 0.3) is 0 Å². The molecular formula is C14H15FN2O3. The van der Waals surface area contributed by atoms with E-state index in [2.05, 4.69) is 11.4 Å². The van der Waals surface area contributed by atoms with Crippen molar-refractivity contribution >= 4 is 17.7 Å². The lowest BCUT2D eigenvalue weighted by Gasteiger charge is -2.26. The van der Waals surface area contributed by atoms with Crippen molar-refractivity contribution in [3.63, 3.8) is 0 Å². The number of hydrogen-bond donors (Lipinski definition) is 2. The molecule has 0 saturated carbocycles. The topological polar surface area (TPSA) is 69.6 Å². The second kappa shape index (κ2) is 5.73. The number of benzene rings is 1. The van der Waals surface area contributed by atoms with E-state index in [1.165, 1.54) is 6.07 Å². The summed E-state index contributed by atoms with van der Waals surface area (Å²) in [6.07, 6.45) is 2.83. The Balaban J connectivity index is 2.16. The van der Waals surface area contributed by atoms with Gasteiger partial charge in [0.2, 0.25) is 0 Å². The number of anilines is 1. The number of amides is 2. The summed E-state index contributed by atoms with van der Waals surface area (Å²) in [4.78, 5) is 24.7. The quantitative estimate of drug-likeness (QED) is 0.817. The molecule has 6 heteroatoms. The fourth-order valence-corrected chi connectivity index (χ4v) is 2.08. The predicted octanol–water partition coefficient (Wildman–Crippen LogP) is 2.71. The molecule has 0 saturated heterocycles. The van der Waals surface area contributed by atoms with Gasteiger partial charge < -0.3 is 15.3 Å². The molecule has 1 aliphatic heterocycles. The molecule has 1 aliphatic rings. The van der Waals surface area contributed by atoms with Gasteiger partial charge in [0.05, 0.1) is 11.3 Å². The van der Waals surface area contributed by atoms with Crippen LogP contribution in [0.2, 0.25) is 0 Å². The van der Waals surface area contributed by atoms with Gasteiger partial charge in [-0.15, -0.1) is 0 Å². The van der Waals surface area contributed by atoms with Crippen LogP contribution in [0.15, 0.2) is 29.8 Å². The maximum atomic E-state index is 13.1. The average molecular weight is 278 g/mol. The standard InChI is InChI=1S/C14H15FN2O3/c1-9-3-2-6-17(8-9)14(20)16-12-5-4-10(15)7-11(12)13(18)19/h3-5,7H,2,6,8H2,1H3,(H,16,20)(H,18,19). The maximum absolute atomic E-state index is 13.1. The SMILES string of the molecule is CC1=CCCN(C(=O)Nc2ccc(F)cc2C(=O)O)C1. The van der Waals surface area contributed by atoms with Gasteiger partial charge in [0.1, 0.15) is 5.82 Å². The molecule has 0 bridgehead atoms. The number of rotatable bonds is 2. The van der Waals surface area contributed by atoms with Crippen LogP contribution >= 0.6 is 0 Å². The van der Waals surface area contributed by atoms with Gasteiger partial charge in [-0.1, -0.05) is 11.6 Å². The molecule has 1 aromatic carbocycles. The fraction of sp³-hybridized carbons (Fsp3) is 0.286. The molecule has 0 fully saturated rings. The van der Waals surface area contributed by atoms with Crippen molar-refractivity contribution < 1.29 is 19.1 Å². The number of carbonyl (C=O) groups excluding carboxylic acids is 1. The van der Waals surface area contributed by atoms with Crippen molar-refractivity contribution in [3.05, 3.63) is 41.2 Å². The second-order valence-electron chi connectivity index (χ2n) is 4.69. The second-order valence-corrected chi connectivity index (χ2v) is 4.69. The van der Waals surface area contributed by atoms with Crippen molar-refractivity contribution in [2.24, 2.45) is 0 Å². The molecule has 2 rings (SSSR count). The lowest BCUT2D eigenvalue weighted by Crippen LogP contribution is -2.38. The smallest absolute Gasteiger partial charge is 0.337 e. The van der Waals surface area contributed by atoms with Crippen LogP contribution in [-0.2, 0) is 0 Å². The molecule has 1 heterocycles. The Morgan fingerprint density at radius 1 is 1.40 bits per heavy atom. The van der Waals surface area contributed by atoms with E-state index in [-0.39, 0.29) is 17.3 Å². The van der Waals surface area contributed by atoms with Crippen molar-refractivity contribution in [2.75, 3.05) is 18.4 Å². The van der Waals surface area contributed by atoms with Crippen molar-refractivity contribution in [3.8, 4) is 0 Å². The first-order valence-electron chi connectivity index (χ1n) is 6.22. The molecule has 20 heavy (non-hydrogen) atoms. The number of halogens is 1. The van der Waals surface area contributed by atoms with E-state index in [4.69, 9.17) is 5.11 Å².